The van der Waals surface area contributed by atoms with Gasteiger partial charge >= 0.3 is 5.97 Å². The number of nitrogens with one attached hydrogen (secondary N) is 1. The topological polar surface area (TPSA) is 118 Å². The van der Waals surface area contributed by atoms with E-state index in [1.165, 1.54) is 16.8 Å². The minimum atomic E-state index is -3.95. The third-order valence-corrected chi connectivity index (χ3v) is 7.76. The van der Waals surface area contributed by atoms with Crippen LogP contribution in [-0.4, -0.2) is 44.2 Å². The summed E-state index contributed by atoms with van der Waals surface area (Å²) in [5, 5.41) is 4.49. The van der Waals surface area contributed by atoms with Crippen molar-refractivity contribution >= 4 is 21.8 Å². The molecule has 202 valence electrons. The molecule has 11 heteroatoms. The number of hydrogen-bond acceptors (Lipinski definition) is 8. The van der Waals surface area contributed by atoms with Gasteiger partial charge in [0.2, 0.25) is 12.7 Å². The standard InChI is InChI=1S/C27H31N3O7S/c1-17(2)27(31)34-13-12-18-6-9-21(10-7-18)38(32,33)29-25-24(20-8-11-22-23(14-20)37-16-36-22)26(28-30(25)3)35-15-19-4-5-19/h6-11,14,17,19,29H,4-5,12-13,15-16H2,1-3H3. The van der Waals surface area contributed by atoms with Gasteiger partial charge in [-0.15, -0.1) is 5.10 Å². The number of fused-ring (bicyclic) bond motifs is 1. The molecule has 1 aliphatic carbocycles. The molecular weight excluding hydrogens is 510 g/mol. The van der Waals surface area contributed by atoms with Crippen LogP contribution in [0.4, 0.5) is 5.82 Å². The maximum absolute atomic E-state index is 13.4. The van der Waals surface area contributed by atoms with E-state index in [1.807, 2.05) is 6.07 Å². The molecule has 0 spiro atoms. The minimum absolute atomic E-state index is 0.0960. The van der Waals surface area contributed by atoms with Crippen LogP contribution >= 0.6 is 0 Å². The van der Waals surface area contributed by atoms with Crippen LogP contribution in [0, 0.1) is 11.8 Å². The van der Waals surface area contributed by atoms with E-state index in [1.54, 1.807) is 45.2 Å². The zero-order valence-electron chi connectivity index (χ0n) is 21.6. The first-order chi connectivity index (χ1) is 18.2. The van der Waals surface area contributed by atoms with E-state index in [0.717, 1.165) is 18.4 Å². The van der Waals surface area contributed by atoms with Crippen molar-refractivity contribution in [1.29, 1.82) is 0 Å². The van der Waals surface area contributed by atoms with E-state index in [9.17, 15) is 13.2 Å². The van der Waals surface area contributed by atoms with Gasteiger partial charge in [0.1, 0.15) is 5.82 Å². The molecule has 0 atom stereocenters. The molecular formula is C27H31N3O7S. The van der Waals surface area contributed by atoms with E-state index in [4.69, 9.17) is 18.9 Å². The van der Waals surface area contributed by atoms with Gasteiger partial charge in [0.05, 0.1) is 29.6 Å². The molecule has 1 aromatic heterocycles. The maximum Gasteiger partial charge on any atom is 0.308 e. The number of anilines is 1. The van der Waals surface area contributed by atoms with Crippen molar-refractivity contribution in [3.05, 3.63) is 48.0 Å². The van der Waals surface area contributed by atoms with Crippen LogP contribution in [0.1, 0.15) is 32.3 Å². The van der Waals surface area contributed by atoms with Crippen LogP contribution in [0.5, 0.6) is 17.4 Å². The van der Waals surface area contributed by atoms with Crippen molar-refractivity contribution in [2.45, 2.75) is 38.0 Å². The summed E-state index contributed by atoms with van der Waals surface area (Å²) in [7, 11) is -2.29. The Balaban J connectivity index is 1.38. The number of carbonyl (C=O) groups excluding carboxylic acids is 1. The number of benzene rings is 2. The number of aryl methyl sites for hydroxylation is 1. The van der Waals surface area contributed by atoms with Crippen molar-refractivity contribution in [1.82, 2.24) is 9.78 Å². The van der Waals surface area contributed by atoms with Crippen molar-refractivity contribution in [2.24, 2.45) is 18.9 Å². The number of carbonyl (C=O) groups is 1. The van der Waals surface area contributed by atoms with Gasteiger partial charge in [0.15, 0.2) is 11.5 Å². The third-order valence-electron chi connectivity index (χ3n) is 6.40. The SMILES string of the molecule is CC(C)C(=O)OCCc1ccc(S(=O)(=O)Nc2c(-c3ccc4c(c3)OCO4)c(OCC3CC3)nn2C)cc1. The average molecular weight is 542 g/mol. The first-order valence-electron chi connectivity index (χ1n) is 12.6. The lowest BCUT2D eigenvalue weighted by Crippen LogP contribution is -2.16. The Morgan fingerprint density at radius 3 is 2.58 bits per heavy atom. The molecule has 1 saturated carbocycles. The molecule has 0 radical (unpaired) electrons. The van der Waals surface area contributed by atoms with E-state index in [2.05, 4.69) is 9.82 Å². The molecule has 1 fully saturated rings. The van der Waals surface area contributed by atoms with Crippen molar-refractivity contribution in [3.63, 3.8) is 0 Å². The summed E-state index contributed by atoms with van der Waals surface area (Å²) >= 11 is 0. The lowest BCUT2D eigenvalue weighted by Gasteiger charge is -2.12. The quantitative estimate of drug-likeness (QED) is 0.360. The van der Waals surface area contributed by atoms with E-state index >= 15 is 0 Å². The molecule has 2 aromatic carbocycles. The fourth-order valence-electron chi connectivity index (χ4n) is 3.97. The van der Waals surface area contributed by atoms with Crippen LogP contribution in [-0.2, 0) is 33.0 Å². The normalized spacial score (nSPS) is 14.5. The molecule has 0 saturated heterocycles. The number of sulfonamides is 1. The summed E-state index contributed by atoms with van der Waals surface area (Å²) in [6.45, 7) is 4.44. The molecule has 38 heavy (non-hydrogen) atoms. The molecule has 0 amide bonds. The predicted molar refractivity (Wildman–Crippen MR) is 140 cm³/mol. The molecule has 1 aliphatic heterocycles. The van der Waals surface area contributed by atoms with Gasteiger partial charge in [0.25, 0.3) is 10.0 Å². The monoisotopic (exact) mass is 541 g/mol. The predicted octanol–water partition coefficient (Wildman–Crippen LogP) is 4.15. The zero-order valence-corrected chi connectivity index (χ0v) is 22.4. The summed E-state index contributed by atoms with van der Waals surface area (Å²) in [6, 6.07) is 11.9. The van der Waals surface area contributed by atoms with Gasteiger partial charge in [-0.1, -0.05) is 32.0 Å². The van der Waals surface area contributed by atoms with Gasteiger partial charge in [-0.25, -0.2) is 13.1 Å². The van der Waals surface area contributed by atoms with Crippen molar-refractivity contribution in [2.75, 3.05) is 24.7 Å². The largest absolute Gasteiger partial charge is 0.476 e. The summed E-state index contributed by atoms with van der Waals surface area (Å²) in [5.74, 6) is 1.86. The number of aromatic nitrogens is 2. The lowest BCUT2D eigenvalue weighted by molar-refractivity contribution is -0.147. The van der Waals surface area contributed by atoms with Gasteiger partial charge < -0.3 is 18.9 Å². The average Bonchev–Trinajstić information content (AvgIpc) is 3.52. The highest BCUT2D eigenvalue weighted by atomic mass is 32.2. The second-order valence-corrected chi connectivity index (χ2v) is 11.5. The summed E-state index contributed by atoms with van der Waals surface area (Å²) in [5.41, 5.74) is 2.08. The van der Waals surface area contributed by atoms with Crippen molar-refractivity contribution < 1.29 is 32.2 Å². The highest BCUT2D eigenvalue weighted by molar-refractivity contribution is 7.92. The number of hydrogen-bond donors (Lipinski definition) is 1. The van der Waals surface area contributed by atoms with Crippen molar-refractivity contribution in [3.8, 4) is 28.5 Å². The first-order valence-corrected chi connectivity index (χ1v) is 14.1. The minimum Gasteiger partial charge on any atom is -0.476 e. The number of ether oxygens (including phenoxy) is 4. The number of nitrogens with zero attached hydrogens (tertiary/aromatic N) is 2. The summed E-state index contributed by atoms with van der Waals surface area (Å²) in [6.07, 6.45) is 2.72. The molecule has 3 aromatic rings. The smallest absolute Gasteiger partial charge is 0.308 e. The number of esters is 1. The van der Waals surface area contributed by atoms with Gasteiger partial charge in [0, 0.05) is 13.5 Å². The maximum atomic E-state index is 13.4. The van der Waals surface area contributed by atoms with E-state index in [-0.39, 0.29) is 36.0 Å². The molecule has 0 unspecified atom stereocenters. The highest BCUT2D eigenvalue weighted by Crippen LogP contribution is 2.43. The van der Waals surface area contributed by atoms with Crippen LogP contribution < -0.4 is 18.9 Å². The highest BCUT2D eigenvalue weighted by Gasteiger charge is 2.28. The first kappa shape index (κ1) is 25.9. The summed E-state index contributed by atoms with van der Waals surface area (Å²) in [4.78, 5) is 11.7. The second kappa shape index (κ2) is 10.6. The Morgan fingerprint density at radius 2 is 1.87 bits per heavy atom. The van der Waals surface area contributed by atoms with Gasteiger partial charge in [-0.3, -0.25) is 9.52 Å². The van der Waals surface area contributed by atoms with Crippen LogP contribution in [0.25, 0.3) is 11.1 Å². The molecule has 2 heterocycles. The Kier molecular flexibility index (Phi) is 7.20. The Labute approximate surface area is 221 Å². The molecule has 2 aliphatic rings. The molecule has 1 N–H and O–H groups in total. The van der Waals surface area contributed by atoms with E-state index < -0.39 is 10.0 Å². The Bertz CT molecular complexity index is 1430. The Hall–Kier alpha value is -3.73. The zero-order chi connectivity index (χ0) is 26.9. The second-order valence-electron chi connectivity index (χ2n) is 9.80. The Morgan fingerprint density at radius 1 is 1.13 bits per heavy atom. The van der Waals surface area contributed by atoms with Crippen LogP contribution in [0.15, 0.2) is 47.4 Å². The number of rotatable bonds is 11. The summed E-state index contributed by atoms with van der Waals surface area (Å²) < 4.78 is 53.2. The molecule has 5 rings (SSSR count). The van der Waals surface area contributed by atoms with Crippen LogP contribution in [0.2, 0.25) is 0 Å². The molecule has 0 bridgehead atoms. The van der Waals surface area contributed by atoms with Crippen LogP contribution in [0.3, 0.4) is 0 Å². The van der Waals surface area contributed by atoms with Gasteiger partial charge in [-0.2, -0.15) is 0 Å². The van der Waals surface area contributed by atoms with E-state index in [0.29, 0.717) is 47.5 Å². The third kappa shape index (κ3) is 5.72. The fraction of sp³-hybridized carbons (Fsp3) is 0.407. The van der Waals surface area contributed by atoms with Gasteiger partial charge in [-0.05, 0) is 54.2 Å². The lowest BCUT2D eigenvalue weighted by atomic mass is 10.1. The molecule has 10 nitrogen and oxygen atoms in total. The fourth-order valence-corrected chi connectivity index (χ4v) is 5.07.